The van der Waals surface area contributed by atoms with Crippen molar-refractivity contribution in [2.75, 3.05) is 11.4 Å². The Morgan fingerprint density at radius 1 is 1.32 bits per heavy atom. The molecule has 1 aliphatic heterocycles. The number of anilines is 1. The van der Waals surface area contributed by atoms with Gasteiger partial charge in [0.1, 0.15) is 0 Å². The zero-order chi connectivity index (χ0) is 15.7. The van der Waals surface area contributed by atoms with Gasteiger partial charge in [0.05, 0.1) is 5.70 Å². The van der Waals surface area contributed by atoms with Gasteiger partial charge in [-0.25, -0.2) is 4.39 Å². The number of benzene rings is 1. The molecule has 0 aliphatic carbocycles. The Kier molecular flexibility index (Phi) is 4.29. The molecule has 112 valence electrons. The average molecular weight is 406 g/mol. The Labute approximate surface area is 143 Å². The highest BCUT2D eigenvalue weighted by Gasteiger charge is 2.27. The number of aryl methyl sites for hydroxylation is 1. The summed E-state index contributed by atoms with van der Waals surface area (Å²) in [6.45, 7) is 6.53. The van der Waals surface area contributed by atoms with Crippen LogP contribution >= 0.6 is 22.6 Å². The molecule has 2 heterocycles. The summed E-state index contributed by atoms with van der Waals surface area (Å²) in [6, 6.07) is 9.82. The molecule has 0 N–H and O–H groups in total. The van der Waals surface area contributed by atoms with E-state index in [2.05, 4.69) is 11.6 Å². The first-order valence-corrected chi connectivity index (χ1v) is 8.18. The van der Waals surface area contributed by atoms with Crippen LogP contribution in [-0.4, -0.2) is 11.5 Å². The minimum atomic E-state index is -0.264. The Balaban J connectivity index is 2.20. The molecular formula is C18H16FIN2. The van der Waals surface area contributed by atoms with Crippen LogP contribution in [0.15, 0.2) is 58.7 Å². The third kappa shape index (κ3) is 2.67. The van der Waals surface area contributed by atoms with Gasteiger partial charge >= 0.3 is 0 Å². The molecule has 0 radical (unpaired) electrons. The second-order valence-corrected chi connectivity index (χ2v) is 6.59. The second-order valence-electron chi connectivity index (χ2n) is 5.29. The first-order valence-electron chi connectivity index (χ1n) is 7.10. The molecule has 1 aliphatic rings. The Morgan fingerprint density at radius 3 is 2.82 bits per heavy atom. The van der Waals surface area contributed by atoms with Crippen LogP contribution in [0.5, 0.6) is 0 Å². The molecule has 0 bridgehead atoms. The van der Waals surface area contributed by atoms with Crippen molar-refractivity contribution < 1.29 is 4.39 Å². The third-order valence-corrected chi connectivity index (χ3v) is 4.36. The maximum Gasteiger partial charge on any atom is 0.160 e. The Hall–Kier alpha value is -1.69. The number of allylic oxidation sites excluding steroid dienone is 2. The van der Waals surface area contributed by atoms with E-state index in [0.29, 0.717) is 9.28 Å². The van der Waals surface area contributed by atoms with Gasteiger partial charge in [-0.3, -0.25) is 4.98 Å². The highest BCUT2D eigenvalue weighted by Crippen LogP contribution is 2.39. The third-order valence-electron chi connectivity index (χ3n) is 3.89. The van der Waals surface area contributed by atoms with Gasteiger partial charge in [0, 0.05) is 33.8 Å². The van der Waals surface area contributed by atoms with Crippen LogP contribution in [0.2, 0.25) is 0 Å². The van der Waals surface area contributed by atoms with E-state index in [1.165, 1.54) is 0 Å². The first-order chi connectivity index (χ1) is 10.6. The smallest absolute Gasteiger partial charge is 0.160 e. The van der Waals surface area contributed by atoms with Crippen molar-refractivity contribution in [3.05, 3.63) is 75.4 Å². The number of rotatable bonds is 3. The fourth-order valence-electron chi connectivity index (χ4n) is 2.81. The molecule has 22 heavy (non-hydrogen) atoms. The van der Waals surface area contributed by atoms with Crippen molar-refractivity contribution in [1.82, 2.24) is 4.98 Å². The molecule has 0 spiro atoms. The fraction of sp³-hybridized carbons (Fsp3) is 0.167. The van der Waals surface area contributed by atoms with Crippen LogP contribution in [0.25, 0.3) is 5.70 Å². The van der Waals surface area contributed by atoms with Crippen LogP contribution in [0, 0.1) is 6.92 Å². The van der Waals surface area contributed by atoms with E-state index in [1.54, 1.807) is 6.20 Å². The van der Waals surface area contributed by atoms with Crippen LogP contribution in [0.1, 0.15) is 16.7 Å². The van der Waals surface area contributed by atoms with Crippen LogP contribution < -0.4 is 4.90 Å². The molecule has 4 heteroatoms. The summed E-state index contributed by atoms with van der Waals surface area (Å²) in [7, 11) is 0. The van der Waals surface area contributed by atoms with Crippen LogP contribution in [0.3, 0.4) is 0 Å². The topological polar surface area (TPSA) is 16.1 Å². The monoisotopic (exact) mass is 406 g/mol. The lowest BCUT2D eigenvalue weighted by Gasteiger charge is -2.25. The Bertz CT molecular complexity index is 767. The number of hydrogen-bond acceptors (Lipinski definition) is 2. The van der Waals surface area contributed by atoms with E-state index in [4.69, 9.17) is 0 Å². The van der Waals surface area contributed by atoms with Crippen molar-refractivity contribution in [2.45, 2.75) is 13.3 Å². The molecule has 2 aromatic rings. The van der Waals surface area contributed by atoms with Crippen LogP contribution in [0.4, 0.5) is 10.1 Å². The summed E-state index contributed by atoms with van der Waals surface area (Å²) >= 11 is 1.94. The van der Waals surface area contributed by atoms with Gasteiger partial charge in [-0.1, -0.05) is 30.8 Å². The molecule has 0 saturated heterocycles. The SMILES string of the molecule is C=C(I)/C(F)=C(\c1ccccc1C)N1CCc2cnccc21. The van der Waals surface area contributed by atoms with Gasteiger partial charge in [0.2, 0.25) is 0 Å². The van der Waals surface area contributed by atoms with E-state index in [0.717, 1.165) is 35.3 Å². The minimum Gasteiger partial charge on any atom is -0.338 e. The van der Waals surface area contributed by atoms with E-state index in [-0.39, 0.29) is 5.83 Å². The zero-order valence-corrected chi connectivity index (χ0v) is 14.5. The average Bonchev–Trinajstić information content (AvgIpc) is 2.93. The van der Waals surface area contributed by atoms with Crippen LogP contribution in [-0.2, 0) is 6.42 Å². The molecule has 0 saturated carbocycles. The number of fused-ring (bicyclic) bond motifs is 1. The molecular weight excluding hydrogens is 390 g/mol. The molecule has 1 aromatic heterocycles. The predicted molar refractivity (Wildman–Crippen MR) is 97.7 cm³/mol. The molecule has 0 unspecified atom stereocenters. The standard InChI is InChI=1S/C18H16FIN2/c1-12-5-3-4-6-15(12)18(17(19)13(2)20)22-10-8-14-11-21-9-7-16(14)22/h3-7,9,11H,2,8,10H2,1H3/b18-17-. The quantitative estimate of drug-likeness (QED) is 0.525. The van der Waals surface area contributed by atoms with E-state index in [9.17, 15) is 4.39 Å². The van der Waals surface area contributed by atoms with Crippen molar-refractivity contribution in [2.24, 2.45) is 0 Å². The molecule has 2 nitrogen and oxygen atoms in total. The summed E-state index contributed by atoms with van der Waals surface area (Å²) < 4.78 is 15.3. The lowest BCUT2D eigenvalue weighted by atomic mass is 10.0. The zero-order valence-electron chi connectivity index (χ0n) is 12.3. The predicted octanol–water partition coefficient (Wildman–Crippen LogP) is 5.04. The molecule has 1 aromatic carbocycles. The van der Waals surface area contributed by atoms with Crippen molar-refractivity contribution in [3.63, 3.8) is 0 Å². The van der Waals surface area contributed by atoms with E-state index in [1.807, 2.05) is 70.9 Å². The van der Waals surface area contributed by atoms with Crippen molar-refractivity contribution >= 4 is 34.0 Å². The summed E-state index contributed by atoms with van der Waals surface area (Å²) in [6.07, 6.45) is 4.49. The minimum absolute atomic E-state index is 0.264. The Morgan fingerprint density at radius 2 is 2.09 bits per heavy atom. The first kappa shape index (κ1) is 15.2. The maximum atomic E-state index is 14.9. The summed E-state index contributed by atoms with van der Waals surface area (Å²) in [4.78, 5) is 6.21. The number of halogens is 2. The fourth-order valence-corrected chi connectivity index (χ4v) is 3.07. The number of pyridine rings is 1. The molecule has 0 atom stereocenters. The second kappa shape index (κ2) is 6.20. The lowest BCUT2D eigenvalue weighted by Crippen LogP contribution is -2.20. The lowest BCUT2D eigenvalue weighted by molar-refractivity contribution is 0.664. The highest BCUT2D eigenvalue weighted by atomic mass is 127. The summed E-state index contributed by atoms with van der Waals surface area (Å²) in [5.41, 5.74) is 4.74. The van der Waals surface area contributed by atoms with Gasteiger partial charge in [-0.15, -0.1) is 0 Å². The van der Waals surface area contributed by atoms with Gasteiger partial charge in [-0.2, -0.15) is 0 Å². The summed E-state index contributed by atoms with van der Waals surface area (Å²) in [5.74, 6) is -0.264. The van der Waals surface area contributed by atoms with Gasteiger partial charge < -0.3 is 4.90 Å². The summed E-state index contributed by atoms with van der Waals surface area (Å²) in [5, 5.41) is 0. The largest absolute Gasteiger partial charge is 0.338 e. The molecule has 3 rings (SSSR count). The highest BCUT2D eigenvalue weighted by molar-refractivity contribution is 14.1. The maximum absolute atomic E-state index is 14.9. The van der Waals surface area contributed by atoms with Crippen molar-refractivity contribution in [1.29, 1.82) is 0 Å². The van der Waals surface area contributed by atoms with Crippen molar-refractivity contribution in [3.8, 4) is 0 Å². The van der Waals surface area contributed by atoms with Gasteiger partial charge in [0.25, 0.3) is 0 Å². The molecule has 0 fully saturated rings. The normalized spacial score (nSPS) is 14.6. The number of hydrogen-bond donors (Lipinski definition) is 0. The van der Waals surface area contributed by atoms with Gasteiger partial charge in [0.15, 0.2) is 5.83 Å². The van der Waals surface area contributed by atoms with E-state index >= 15 is 0 Å². The number of aromatic nitrogens is 1. The number of nitrogens with zero attached hydrogens (tertiary/aromatic N) is 2. The molecule has 0 amide bonds. The van der Waals surface area contributed by atoms with E-state index < -0.39 is 0 Å². The van der Waals surface area contributed by atoms with Gasteiger partial charge in [-0.05, 0) is 53.1 Å².